The van der Waals surface area contributed by atoms with Crippen molar-refractivity contribution in [2.24, 2.45) is 0 Å². The molecule has 0 aromatic heterocycles. The van der Waals surface area contributed by atoms with Crippen LogP contribution in [0, 0.1) is 19.7 Å². The lowest BCUT2D eigenvalue weighted by molar-refractivity contribution is 0.219. The Morgan fingerprint density at radius 1 is 1.11 bits per heavy atom. The number of hydrogen-bond acceptors (Lipinski definition) is 2. The van der Waals surface area contributed by atoms with E-state index in [4.69, 9.17) is 5.73 Å². The van der Waals surface area contributed by atoms with Gasteiger partial charge in [-0.15, -0.1) is 0 Å². The van der Waals surface area contributed by atoms with Crippen molar-refractivity contribution in [2.45, 2.75) is 20.0 Å². The molecule has 0 aliphatic carbocycles. The van der Waals surface area contributed by atoms with Gasteiger partial charge in [-0.05, 0) is 48.7 Å². The van der Waals surface area contributed by atoms with E-state index in [0.29, 0.717) is 11.3 Å². The van der Waals surface area contributed by atoms with Gasteiger partial charge in [-0.25, -0.2) is 4.39 Å². The molecule has 2 nitrogen and oxygen atoms in total. The molecule has 2 aromatic rings. The quantitative estimate of drug-likeness (QED) is 0.798. The van der Waals surface area contributed by atoms with Gasteiger partial charge < -0.3 is 10.8 Å². The Morgan fingerprint density at radius 2 is 1.83 bits per heavy atom. The molecule has 0 saturated carbocycles. The van der Waals surface area contributed by atoms with Crippen molar-refractivity contribution >= 4 is 5.69 Å². The molecule has 2 rings (SSSR count). The molecule has 3 N–H and O–H groups in total. The first-order valence-electron chi connectivity index (χ1n) is 5.80. The zero-order valence-electron chi connectivity index (χ0n) is 10.4. The smallest absolute Gasteiger partial charge is 0.123 e. The van der Waals surface area contributed by atoms with Crippen LogP contribution in [0.4, 0.5) is 10.1 Å². The highest BCUT2D eigenvalue weighted by Gasteiger charge is 2.16. The lowest BCUT2D eigenvalue weighted by Crippen LogP contribution is -2.06. The number of benzene rings is 2. The fraction of sp³-hybridized carbons (Fsp3) is 0.200. The highest BCUT2D eigenvalue weighted by Crippen LogP contribution is 2.30. The third kappa shape index (κ3) is 2.22. The maximum absolute atomic E-state index is 13.2. The second kappa shape index (κ2) is 4.78. The van der Waals surface area contributed by atoms with E-state index in [9.17, 15) is 9.50 Å². The van der Waals surface area contributed by atoms with E-state index in [1.165, 1.54) is 18.2 Å². The minimum Gasteiger partial charge on any atom is -0.398 e. The third-order valence-corrected chi connectivity index (χ3v) is 3.28. The van der Waals surface area contributed by atoms with Gasteiger partial charge in [0, 0.05) is 11.3 Å². The van der Waals surface area contributed by atoms with E-state index >= 15 is 0 Å². The fourth-order valence-corrected chi connectivity index (χ4v) is 2.02. The van der Waals surface area contributed by atoms with Crippen LogP contribution in [0.25, 0.3) is 0 Å². The summed E-state index contributed by atoms with van der Waals surface area (Å²) in [5.74, 6) is -0.399. The largest absolute Gasteiger partial charge is 0.398 e. The number of nitrogen functional groups attached to an aromatic ring is 1. The molecule has 0 heterocycles. The molecule has 0 spiro atoms. The molecule has 0 saturated heterocycles. The van der Waals surface area contributed by atoms with E-state index in [1.54, 1.807) is 0 Å². The second-order valence-electron chi connectivity index (χ2n) is 4.46. The van der Waals surface area contributed by atoms with Crippen LogP contribution in [-0.2, 0) is 0 Å². The molecule has 0 bridgehead atoms. The highest BCUT2D eigenvalue weighted by molar-refractivity contribution is 5.52. The number of hydrogen-bond donors (Lipinski definition) is 2. The molecule has 3 heteroatoms. The maximum atomic E-state index is 13.2. The summed E-state index contributed by atoms with van der Waals surface area (Å²) in [7, 11) is 0. The molecular weight excluding hydrogens is 229 g/mol. The second-order valence-corrected chi connectivity index (χ2v) is 4.46. The van der Waals surface area contributed by atoms with Gasteiger partial charge in [-0.3, -0.25) is 0 Å². The van der Waals surface area contributed by atoms with Gasteiger partial charge in [0.05, 0.1) is 0 Å². The van der Waals surface area contributed by atoms with E-state index in [1.807, 2.05) is 32.0 Å². The topological polar surface area (TPSA) is 46.2 Å². The molecule has 18 heavy (non-hydrogen) atoms. The van der Waals surface area contributed by atoms with Gasteiger partial charge in [0.25, 0.3) is 0 Å². The van der Waals surface area contributed by atoms with Crippen LogP contribution >= 0.6 is 0 Å². The normalized spacial score (nSPS) is 12.4. The Kier molecular flexibility index (Phi) is 3.34. The van der Waals surface area contributed by atoms with Crippen molar-refractivity contribution in [3.05, 3.63) is 64.5 Å². The number of nitrogens with two attached hydrogens (primary N) is 1. The minimum absolute atomic E-state index is 0.393. The fourth-order valence-electron chi connectivity index (χ4n) is 2.02. The molecule has 94 valence electrons. The van der Waals surface area contributed by atoms with Crippen LogP contribution in [0.3, 0.4) is 0 Å². The Morgan fingerprint density at radius 3 is 2.56 bits per heavy atom. The first-order chi connectivity index (χ1) is 8.50. The predicted octanol–water partition coefficient (Wildman–Crippen LogP) is 3.11. The van der Waals surface area contributed by atoms with Gasteiger partial charge in [-0.2, -0.15) is 0 Å². The number of anilines is 1. The van der Waals surface area contributed by atoms with Crippen molar-refractivity contribution in [1.82, 2.24) is 0 Å². The van der Waals surface area contributed by atoms with Crippen LogP contribution in [0.2, 0.25) is 0 Å². The molecular formula is C15H16FNO. The van der Waals surface area contributed by atoms with Gasteiger partial charge in [-0.1, -0.05) is 18.2 Å². The van der Waals surface area contributed by atoms with Crippen molar-refractivity contribution in [3.63, 3.8) is 0 Å². The van der Waals surface area contributed by atoms with E-state index in [0.717, 1.165) is 16.7 Å². The summed E-state index contributed by atoms with van der Waals surface area (Å²) in [4.78, 5) is 0. The summed E-state index contributed by atoms with van der Waals surface area (Å²) in [5, 5.41) is 10.4. The number of aryl methyl sites for hydroxylation is 1. The molecule has 1 atom stereocenters. The van der Waals surface area contributed by atoms with Crippen molar-refractivity contribution in [2.75, 3.05) is 5.73 Å². The molecule has 0 amide bonds. The van der Waals surface area contributed by atoms with Crippen LogP contribution in [-0.4, -0.2) is 5.11 Å². The minimum atomic E-state index is -0.902. The van der Waals surface area contributed by atoms with Crippen LogP contribution in [0.1, 0.15) is 28.4 Å². The number of rotatable bonds is 2. The maximum Gasteiger partial charge on any atom is 0.123 e. The lowest BCUT2D eigenvalue weighted by atomic mass is 9.94. The summed E-state index contributed by atoms with van der Waals surface area (Å²) in [6.07, 6.45) is -0.902. The monoisotopic (exact) mass is 245 g/mol. The van der Waals surface area contributed by atoms with Crippen molar-refractivity contribution < 1.29 is 9.50 Å². The number of aliphatic hydroxyl groups is 1. The van der Waals surface area contributed by atoms with Gasteiger partial charge in [0.2, 0.25) is 0 Å². The first kappa shape index (κ1) is 12.6. The molecule has 0 radical (unpaired) electrons. The Bertz CT molecular complexity index is 579. The summed E-state index contributed by atoms with van der Waals surface area (Å²) in [6.45, 7) is 3.91. The van der Waals surface area contributed by atoms with Crippen LogP contribution < -0.4 is 5.73 Å². The standard InChI is InChI=1S/C15H16FNO/c1-9-4-3-5-12(10(9)2)15(18)13-8-11(16)6-7-14(13)17/h3-8,15,18H,17H2,1-2H3. The first-order valence-corrected chi connectivity index (χ1v) is 5.80. The van der Waals surface area contributed by atoms with E-state index in [2.05, 4.69) is 0 Å². The summed E-state index contributed by atoms with van der Waals surface area (Å²) in [5.41, 5.74) is 9.42. The van der Waals surface area contributed by atoms with Crippen LogP contribution in [0.15, 0.2) is 36.4 Å². The summed E-state index contributed by atoms with van der Waals surface area (Å²) >= 11 is 0. The molecule has 1 unspecified atom stereocenters. The molecule has 2 aromatic carbocycles. The van der Waals surface area contributed by atoms with E-state index in [-0.39, 0.29) is 0 Å². The zero-order valence-corrected chi connectivity index (χ0v) is 10.4. The SMILES string of the molecule is Cc1cccc(C(O)c2cc(F)ccc2N)c1C. The average Bonchev–Trinajstić information content (AvgIpc) is 2.35. The highest BCUT2D eigenvalue weighted by atomic mass is 19.1. The summed E-state index contributed by atoms with van der Waals surface area (Å²) in [6, 6.07) is 9.71. The third-order valence-electron chi connectivity index (χ3n) is 3.28. The average molecular weight is 245 g/mol. The Labute approximate surface area is 106 Å². The molecule has 0 fully saturated rings. The van der Waals surface area contributed by atoms with Gasteiger partial charge in [0.15, 0.2) is 0 Å². The van der Waals surface area contributed by atoms with Crippen molar-refractivity contribution in [3.8, 4) is 0 Å². The number of aliphatic hydroxyl groups excluding tert-OH is 1. The zero-order chi connectivity index (χ0) is 13.3. The van der Waals surface area contributed by atoms with Crippen molar-refractivity contribution in [1.29, 1.82) is 0 Å². The number of halogens is 1. The molecule has 0 aliphatic rings. The van der Waals surface area contributed by atoms with Gasteiger partial charge >= 0.3 is 0 Å². The Balaban J connectivity index is 2.51. The van der Waals surface area contributed by atoms with E-state index < -0.39 is 11.9 Å². The summed E-state index contributed by atoms with van der Waals surface area (Å²) < 4.78 is 13.2. The Hall–Kier alpha value is -1.87. The predicted molar refractivity (Wildman–Crippen MR) is 70.8 cm³/mol. The van der Waals surface area contributed by atoms with Gasteiger partial charge in [0.1, 0.15) is 11.9 Å². The molecule has 0 aliphatic heterocycles. The lowest BCUT2D eigenvalue weighted by Gasteiger charge is -2.17. The van der Waals surface area contributed by atoms with Crippen LogP contribution in [0.5, 0.6) is 0 Å².